The Morgan fingerprint density at radius 2 is 0.895 bits per heavy atom. The van der Waals surface area contributed by atoms with Crippen molar-refractivity contribution in [3.8, 4) is 33.6 Å². The summed E-state index contributed by atoms with van der Waals surface area (Å²) >= 11 is 0. The molecule has 0 fully saturated rings. The number of fused-ring (bicyclic) bond motifs is 6. The Balaban J connectivity index is 1.19. The predicted octanol–water partition coefficient (Wildman–Crippen LogP) is 14.7. The van der Waals surface area contributed by atoms with E-state index in [0.717, 1.165) is 88.6 Å². The van der Waals surface area contributed by atoms with Gasteiger partial charge in [0.15, 0.2) is 0 Å². The lowest BCUT2D eigenvalue weighted by atomic mass is 10.0. The lowest BCUT2D eigenvalue weighted by Crippen LogP contribution is -2.10. The highest BCUT2D eigenvalue weighted by molar-refractivity contribution is 6.17. The summed E-state index contributed by atoms with van der Waals surface area (Å²) in [6.07, 6.45) is 0. The zero-order valence-electron chi connectivity index (χ0n) is 35.8. The van der Waals surface area contributed by atoms with Gasteiger partial charge in [-0.25, -0.2) is 0 Å². The monoisotopic (exact) mass is 732 g/mol. The Labute approximate surface area is 338 Å². The summed E-state index contributed by atoms with van der Waals surface area (Å²) in [5, 5.41) is 4.00. The Morgan fingerprint density at radius 1 is 0.351 bits per heavy atom. The molecule has 0 saturated carbocycles. The van der Waals surface area contributed by atoms with Crippen molar-refractivity contribution in [3.63, 3.8) is 0 Å². The largest absolute Gasteiger partial charge is 0.310 e. The van der Waals surface area contributed by atoms with Crippen molar-refractivity contribution in [2.45, 2.75) is 0 Å². The summed E-state index contributed by atoms with van der Waals surface area (Å²) in [6, 6.07) is 65.5. The summed E-state index contributed by atoms with van der Waals surface area (Å²) in [5.74, 6) is 0. The summed E-state index contributed by atoms with van der Waals surface area (Å²) in [7, 11) is 0. The van der Waals surface area contributed by atoms with E-state index in [4.69, 9.17) is 6.85 Å². The maximum Gasteiger partial charge on any atom is 0.0645 e. The number of nitrogens with zero attached hydrogens (tertiary/aromatic N) is 3. The van der Waals surface area contributed by atoms with Crippen LogP contribution in [0.4, 0.5) is 17.1 Å². The lowest BCUT2D eigenvalue weighted by molar-refractivity contribution is 1.17. The first kappa shape index (κ1) is 27.9. The van der Waals surface area contributed by atoms with Crippen molar-refractivity contribution in [2.24, 2.45) is 0 Å². The summed E-state index contributed by atoms with van der Waals surface area (Å²) < 4.78 is 47.8. The molecule has 0 aliphatic rings. The molecule has 0 N–H and O–H groups in total. The molecule has 11 aromatic rings. The lowest BCUT2D eigenvalue weighted by Gasteiger charge is -2.27. The van der Waals surface area contributed by atoms with Crippen LogP contribution in [0.5, 0.6) is 0 Å². The fraction of sp³-hybridized carbons (Fsp3) is 0. The normalized spacial score (nSPS) is 12.7. The minimum absolute atomic E-state index is 0.112. The second-order valence-corrected chi connectivity index (χ2v) is 14.2. The minimum atomic E-state index is -0.422. The molecular weight excluding hydrogens is 691 g/mol. The molecule has 0 radical (unpaired) electrons. The van der Waals surface area contributed by atoms with Gasteiger partial charge < -0.3 is 14.0 Å². The van der Waals surface area contributed by atoms with Gasteiger partial charge in [0, 0.05) is 44.3 Å². The van der Waals surface area contributed by atoms with Gasteiger partial charge in [0.05, 0.1) is 34.6 Å². The first-order valence-corrected chi connectivity index (χ1v) is 19.1. The van der Waals surface area contributed by atoms with Crippen LogP contribution in [0.3, 0.4) is 0 Å². The Hall–Kier alpha value is -7.62. The highest BCUT2D eigenvalue weighted by Crippen LogP contribution is 2.45. The van der Waals surface area contributed by atoms with E-state index in [9.17, 15) is 0 Å². The van der Waals surface area contributed by atoms with E-state index < -0.39 is 6.04 Å². The van der Waals surface area contributed by atoms with Gasteiger partial charge in [0.1, 0.15) is 0 Å². The third-order valence-corrected chi connectivity index (χ3v) is 11.0. The van der Waals surface area contributed by atoms with Crippen molar-refractivity contribution < 1.29 is 6.85 Å². The quantitative estimate of drug-likeness (QED) is 0.159. The zero-order chi connectivity index (χ0) is 42.1. The van der Waals surface area contributed by atoms with E-state index in [0.29, 0.717) is 0 Å². The minimum Gasteiger partial charge on any atom is -0.310 e. The fourth-order valence-electron chi connectivity index (χ4n) is 8.47. The van der Waals surface area contributed by atoms with E-state index in [1.807, 2.05) is 53.1 Å². The van der Waals surface area contributed by atoms with Crippen LogP contribution < -0.4 is 4.90 Å². The van der Waals surface area contributed by atoms with Crippen LogP contribution in [0.1, 0.15) is 6.85 Å². The number of rotatable bonds is 7. The average Bonchev–Trinajstić information content (AvgIpc) is 3.84. The zero-order valence-corrected chi connectivity index (χ0v) is 30.8. The van der Waals surface area contributed by atoms with Crippen molar-refractivity contribution in [1.82, 2.24) is 9.13 Å². The Kier molecular flexibility index (Phi) is 6.65. The van der Waals surface area contributed by atoms with E-state index in [1.54, 1.807) is 0 Å². The molecule has 0 unspecified atom stereocenters. The molecule has 57 heavy (non-hydrogen) atoms. The van der Waals surface area contributed by atoms with Crippen molar-refractivity contribution in [1.29, 1.82) is 0 Å². The molecule has 0 aliphatic heterocycles. The Bertz CT molecular complexity index is 3490. The van der Waals surface area contributed by atoms with Crippen LogP contribution in [0, 0.1) is 0 Å². The topological polar surface area (TPSA) is 13.1 Å². The second-order valence-electron chi connectivity index (χ2n) is 14.2. The average molecular weight is 733 g/mol. The number of para-hydroxylation sites is 3. The van der Waals surface area contributed by atoms with E-state index in [-0.39, 0.29) is 29.9 Å². The van der Waals surface area contributed by atoms with Crippen LogP contribution in [0.25, 0.3) is 77.2 Å². The number of aromatic nitrogens is 2. The number of anilines is 3. The van der Waals surface area contributed by atoms with Gasteiger partial charge >= 0.3 is 0 Å². The smallest absolute Gasteiger partial charge is 0.0645 e. The molecule has 2 aromatic heterocycles. The van der Waals surface area contributed by atoms with Crippen LogP contribution in [0.2, 0.25) is 0 Å². The maximum absolute atomic E-state index is 9.06. The number of hydrogen-bond acceptors (Lipinski definition) is 1. The SMILES string of the molecule is [2H]c1c([2H])c([2H])c(-n2c3ccccc3c3ccc(N(c4ccc(-c5ccccc5)cc4)c4cccc5c4c4ccccc4n5-c4cccc(-c5ccccc5)c4)cc32)c([2H])c1[2H]. The molecule has 0 bridgehead atoms. The van der Waals surface area contributed by atoms with Crippen LogP contribution in [-0.2, 0) is 0 Å². The third kappa shape index (κ3) is 5.51. The first-order chi connectivity index (χ1) is 30.4. The van der Waals surface area contributed by atoms with E-state index in [2.05, 4.69) is 155 Å². The van der Waals surface area contributed by atoms with Gasteiger partial charge in [-0.05, 0) is 95.0 Å². The molecule has 0 spiro atoms. The van der Waals surface area contributed by atoms with Gasteiger partial charge in [0.25, 0.3) is 0 Å². The van der Waals surface area contributed by atoms with Gasteiger partial charge in [-0.2, -0.15) is 0 Å². The molecule has 0 amide bonds. The predicted molar refractivity (Wildman–Crippen MR) is 241 cm³/mol. The van der Waals surface area contributed by atoms with Crippen molar-refractivity contribution >= 4 is 60.7 Å². The van der Waals surface area contributed by atoms with E-state index >= 15 is 0 Å². The summed E-state index contributed by atoms with van der Waals surface area (Å²) in [4.78, 5) is 2.28. The van der Waals surface area contributed by atoms with Gasteiger partial charge in [-0.3, -0.25) is 0 Å². The van der Waals surface area contributed by atoms with E-state index in [1.165, 1.54) is 0 Å². The molecule has 3 heteroatoms. The van der Waals surface area contributed by atoms with Crippen molar-refractivity contribution in [2.75, 3.05) is 4.90 Å². The van der Waals surface area contributed by atoms with Crippen LogP contribution in [-0.4, -0.2) is 9.13 Å². The molecule has 11 rings (SSSR count). The molecule has 268 valence electrons. The highest BCUT2D eigenvalue weighted by Gasteiger charge is 2.23. The standard InChI is InChI=1S/C54H37N3/c1-4-16-38(17-5-1)40-30-32-43(33-31-40)55(45-34-35-47-46-24-10-12-26-49(46)56(53(47)37-45)42-21-8-3-9-22-42)51-28-15-29-52-54(51)48-25-11-13-27-50(48)57(52)44-23-14-20-41(36-44)39-18-6-2-7-19-39/h1-37H/i3D,8D,9D,21D,22D. The highest BCUT2D eigenvalue weighted by atomic mass is 15.2. The van der Waals surface area contributed by atoms with Crippen molar-refractivity contribution in [3.05, 3.63) is 224 Å². The molecule has 3 nitrogen and oxygen atoms in total. The molecule has 0 aliphatic carbocycles. The van der Waals surface area contributed by atoms with Gasteiger partial charge in [-0.1, -0.05) is 152 Å². The molecule has 0 saturated heterocycles. The molecular formula is C54H37N3. The van der Waals surface area contributed by atoms with Crippen LogP contribution >= 0.6 is 0 Å². The second kappa shape index (κ2) is 13.6. The van der Waals surface area contributed by atoms with Gasteiger partial charge in [-0.15, -0.1) is 0 Å². The number of benzene rings is 9. The fourth-order valence-corrected chi connectivity index (χ4v) is 8.47. The molecule has 2 heterocycles. The van der Waals surface area contributed by atoms with Crippen LogP contribution in [0.15, 0.2) is 224 Å². The third-order valence-electron chi connectivity index (χ3n) is 11.0. The molecule has 9 aromatic carbocycles. The Morgan fingerprint density at radius 3 is 1.65 bits per heavy atom. The maximum atomic E-state index is 9.06. The summed E-state index contributed by atoms with van der Waals surface area (Å²) in [6.45, 7) is 0. The van der Waals surface area contributed by atoms with Gasteiger partial charge in [0.2, 0.25) is 0 Å². The molecule has 0 atom stereocenters. The summed E-state index contributed by atoms with van der Waals surface area (Å²) in [5.41, 5.74) is 12.0. The number of hydrogen-bond donors (Lipinski definition) is 0. The first-order valence-electron chi connectivity index (χ1n) is 21.6.